The summed E-state index contributed by atoms with van der Waals surface area (Å²) < 4.78 is 36.4. The van der Waals surface area contributed by atoms with Crippen molar-refractivity contribution in [2.45, 2.75) is 26.8 Å². The molecule has 8 heteroatoms. The van der Waals surface area contributed by atoms with Crippen LogP contribution >= 0.6 is 0 Å². The largest absolute Gasteiger partial charge is 0.497 e. The van der Waals surface area contributed by atoms with Crippen molar-refractivity contribution in [2.75, 3.05) is 18.4 Å². The zero-order valence-electron chi connectivity index (χ0n) is 16.7. The Labute approximate surface area is 171 Å². The lowest BCUT2D eigenvalue weighted by Gasteiger charge is -2.11. The first-order chi connectivity index (χ1) is 13.9. The average molecular weight is 413 g/mol. The van der Waals surface area contributed by atoms with E-state index in [4.69, 9.17) is 4.74 Å². The molecule has 0 bridgehead atoms. The molecule has 0 saturated carbocycles. The Morgan fingerprint density at radius 2 is 1.86 bits per heavy atom. The molecule has 0 aliphatic carbocycles. The van der Waals surface area contributed by atoms with E-state index in [2.05, 4.69) is 20.1 Å². The minimum atomic E-state index is -3.60. The van der Waals surface area contributed by atoms with Crippen LogP contribution in [0.25, 0.3) is 22.2 Å². The molecule has 29 heavy (non-hydrogen) atoms. The summed E-state index contributed by atoms with van der Waals surface area (Å²) in [7, 11) is -1.99. The quantitative estimate of drug-likeness (QED) is 0.587. The Balaban J connectivity index is 2.03. The third-order valence-electron chi connectivity index (χ3n) is 4.65. The number of fused-ring (bicyclic) bond motifs is 1. The number of hydrogen-bond donors (Lipinski definition) is 2. The van der Waals surface area contributed by atoms with Gasteiger partial charge in [-0.15, -0.1) is 0 Å². The molecule has 2 N–H and O–H groups in total. The molecule has 1 heterocycles. The van der Waals surface area contributed by atoms with Crippen molar-refractivity contribution in [1.82, 2.24) is 9.29 Å². The molecule has 0 spiro atoms. The topological polar surface area (TPSA) is 96.2 Å². The van der Waals surface area contributed by atoms with Crippen molar-refractivity contribution in [3.8, 4) is 23.1 Å². The van der Waals surface area contributed by atoms with Crippen LogP contribution in [0.3, 0.4) is 0 Å². The highest BCUT2D eigenvalue weighted by atomic mass is 32.2. The van der Waals surface area contributed by atoms with E-state index in [1.165, 1.54) is 0 Å². The van der Waals surface area contributed by atoms with Crippen molar-refractivity contribution in [1.29, 1.82) is 5.26 Å². The number of ether oxygens (including phenoxy) is 1. The van der Waals surface area contributed by atoms with E-state index in [9.17, 15) is 13.7 Å². The number of hydrogen-bond acceptors (Lipinski definition) is 4. The number of nitrogens with one attached hydrogen (secondary N) is 2. The molecule has 0 radical (unpaired) electrons. The van der Waals surface area contributed by atoms with Crippen LogP contribution in [0.5, 0.6) is 5.75 Å². The zero-order valence-corrected chi connectivity index (χ0v) is 17.5. The fourth-order valence-electron chi connectivity index (χ4n) is 3.32. The highest BCUT2D eigenvalue weighted by molar-refractivity contribution is 7.90. The summed E-state index contributed by atoms with van der Waals surface area (Å²) in [6.07, 6.45) is 0.711. The number of aromatic nitrogens is 1. The number of methoxy groups -OCH3 is 1. The predicted octanol–water partition coefficient (Wildman–Crippen LogP) is 3.86. The first kappa shape index (κ1) is 20.7. The van der Waals surface area contributed by atoms with E-state index in [0.717, 1.165) is 27.9 Å². The molecule has 2 aromatic carbocycles. The fraction of sp³-hybridized carbons (Fsp3) is 0.286. The highest BCUT2D eigenvalue weighted by Crippen LogP contribution is 2.35. The Kier molecular flexibility index (Phi) is 6.11. The van der Waals surface area contributed by atoms with Crippen LogP contribution in [0.4, 0.5) is 5.69 Å². The first-order valence-electron chi connectivity index (χ1n) is 9.42. The number of anilines is 1. The van der Waals surface area contributed by atoms with E-state index in [1.807, 2.05) is 44.2 Å². The second kappa shape index (κ2) is 8.55. The zero-order chi connectivity index (χ0) is 21.0. The fourth-order valence-corrected chi connectivity index (χ4v) is 4.31. The van der Waals surface area contributed by atoms with Crippen LogP contribution in [0.2, 0.25) is 0 Å². The van der Waals surface area contributed by atoms with Crippen LogP contribution in [0.1, 0.15) is 25.8 Å². The van der Waals surface area contributed by atoms with E-state index in [1.54, 1.807) is 19.2 Å². The molecule has 0 unspecified atom stereocenters. The molecular weight excluding hydrogens is 388 g/mol. The van der Waals surface area contributed by atoms with Gasteiger partial charge in [0.25, 0.3) is 10.2 Å². The van der Waals surface area contributed by atoms with Gasteiger partial charge in [0.05, 0.1) is 23.9 Å². The summed E-state index contributed by atoms with van der Waals surface area (Å²) in [4.78, 5) is 0. The lowest BCUT2D eigenvalue weighted by molar-refractivity contribution is 0.415. The molecule has 3 aromatic rings. The summed E-state index contributed by atoms with van der Waals surface area (Å²) in [6.45, 7) is 4.97. The van der Waals surface area contributed by atoms with E-state index in [0.29, 0.717) is 30.8 Å². The Morgan fingerprint density at radius 1 is 1.14 bits per heavy atom. The summed E-state index contributed by atoms with van der Waals surface area (Å²) in [5.74, 6) is 0.727. The standard InChI is InChI=1S/C21H24N4O3S/c1-4-12-23-29(26,27)24-16-8-6-15(7-9-16)21-19(14-22)18-11-10-17(28-3)13-20(18)25(21)5-2/h6-11,13,23-24H,4-5,12H2,1-3H3. The Hall–Kier alpha value is -3.02. The maximum absolute atomic E-state index is 12.0. The predicted molar refractivity (Wildman–Crippen MR) is 115 cm³/mol. The van der Waals surface area contributed by atoms with Gasteiger partial charge in [-0.1, -0.05) is 19.1 Å². The maximum Gasteiger partial charge on any atom is 0.299 e. The monoisotopic (exact) mass is 412 g/mol. The SMILES string of the molecule is CCCNS(=O)(=O)Nc1ccc(-c2c(C#N)c3ccc(OC)cc3n2CC)cc1. The minimum Gasteiger partial charge on any atom is -0.497 e. The minimum absolute atomic E-state index is 0.374. The molecule has 0 fully saturated rings. The molecule has 3 rings (SSSR count). The van der Waals surface area contributed by atoms with Gasteiger partial charge in [-0.25, -0.2) is 0 Å². The highest BCUT2D eigenvalue weighted by Gasteiger charge is 2.18. The molecule has 0 atom stereocenters. The summed E-state index contributed by atoms with van der Waals surface area (Å²) in [5.41, 5.74) is 3.60. The van der Waals surface area contributed by atoms with Crippen molar-refractivity contribution in [2.24, 2.45) is 0 Å². The Morgan fingerprint density at radius 3 is 2.45 bits per heavy atom. The van der Waals surface area contributed by atoms with E-state index < -0.39 is 10.2 Å². The van der Waals surface area contributed by atoms with Crippen LogP contribution in [-0.4, -0.2) is 26.6 Å². The van der Waals surface area contributed by atoms with Gasteiger partial charge in [-0.05, 0) is 43.2 Å². The van der Waals surface area contributed by atoms with Crippen LogP contribution in [-0.2, 0) is 16.8 Å². The Bertz CT molecular complexity index is 1160. The molecule has 0 amide bonds. The molecule has 0 saturated heterocycles. The smallest absolute Gasteiger partial charge is 0.299 e. The van der Waals surface area contributed by atoms with Gasteiger partial charge in [-0.3, -0.25) is 4.72 Å². The van der Waals surface area contributed by atoms with Crippen LogP contribution in [0, 0.1) is 11.3 Å². The summed E-state index contributed by atoms with van der Waals surface area (Å²) in [5, 5.41) is 10.7. The van der Waals surface area contributed by atoms with Gasteiger partial charge in [0, 0.05) is 30.2 Å². The van der Waals surface area contributed by atoms with Crippen molar-refractivity contribution >= 4 is 26.8 Å². The van der Waals surface area contributed by atoms with E-state index >= 15 is 0 Å². The molecular formula is C21H24N4O3S. The van der Waals surface area contributed by atoms with Gasteiger partial charge in [0.2, 0.25) is 0 Å². The maximum atomic E-state index is 12.0. The van der Waals surface area contributed by atoms with Crippen molar-refractivity contribution in [3.63, 3.8) is 0 Å². The lowest BCUT2D eigenvalue weighted by Crippen LogP contribution is -2.30. The molecule has 0 aliphatic rings. The number of benzene rings is 2. The van der Waals surface area contributed by atoms with Gasteiger partial charge in [0.15, 0.2) is 0 Å². The summed E-state index contributed by atoms with van der Waals surface area (Å²) >= 11 is 0. The number of aryl methyl sites for hydroxylation is 1. The number of nitriles is 1. The lowest BCUT2D eigenvalue weighted by atomic mass is 10.1. The number of rotatable bonds is 8. The molecule has 152 valence electrons. The second-order valence-electron chi connectivity index (χ2n) is 6.54. The van der Waals surface area contributed by atoms with Crippen LogP contribution < -0.4 is 14.2 Å². The third kappa shape index (κ3) is 4.21. The summed E-state index contributed by atoms with van der Waals surface area (Å²) in [6, 6.07) is 15.0. The van der Waals surface area contributed by atoms with Gasteiger partial charge < -0.3 is 9.30 Å². The van der Waals surface area contributed by atoms with Crippen molar-refractivity contribution in [3.05, 3.63) is 48.0 Å². The van der Waals surface area contributed by atoms with Crippen LogP contribution in [0.15, 0.2) is 42.5 Å². The number of nitrogens with zero attached hydrogens (tertiary/aromatic N) is 2. The molecule has 1 aromatic heterocycles. The van der Waals surface area contributed by atoms with Gasteiger partial charge in [-0.2, -0.15) is 18.4 Å². The van der Waals surface area contributed by atoms with Crippen molar-refractivity contribution < 1.29 is 13.2 Å². The van der Waals surface area contributed by atoms with E-state index in [-0.39, 0.29) is 0 Å². The first-order valence-corrected chi connectivity index (χ1v) is 10.9. The average Bonchev–Trinajstić information content (AvgIpc) is 3.05. The third-order valence-corrected chi connectivity index (χ3v) is 5.74. The van der Waals surface area contributed by atoms with Gasteiger partial charge in [0.1, 0.15) is 11.8 Å². The molecule has 0 aliphatic heterocycles. The normalized spacial score (nSPS) is 11.4. The second-order valence-corrected chi connectivity index (χ2v) is 8.04. The van der Waals surface area contributed by atoms with Gasteiger partial charge >= 0.3 is 0 Å². The molecule has 7 nitrogen and oxygen atoms in total.